The fraction of sp³-hybridized carbons (Fsp3) is 0.263. The number of ether oxygens (including phenoxy) is 1. The smallest absolute Gasteiger partial charge is 0.321 e. The summed E-state index contributed by atoms with van der Waals surface area (Å²) in [5.74, 6) is 0.321. The molecule has 0 aliphatic rings. The molecule has 0 heterocycles. The molecule has 26 heavy (non-hydrogen) atoms. The summed E-state index contributed by atoms with van der Waals surface area (Å²) in [7, 11) is 4.95. The van der Waals surface area contributed by atoms with Crippen molar-refractivity contribution in [1.29, 1.82) is 0 Å². The van der Waals surface area contributed by atoms with E-state index in [4.69, 9.17) is 16.3 Å². The molecule has 138 valence electrons. The van der Waals surface area contributed by atoms with Crippen LogP contribution < -0.4 is 20.3 Å². The predicted molar refractivity (Wildman–Crippen MR) is 100 cm³/mol. The molecule has 6 nitrogen and oxygen atoms in total. The Bertz CT molecular complexity index is 768. The molecule has 0 bridgehead atoms. The van der Waals surface area contributed by atoms with Crippen molar-refractivity contribution in [1.82, 2.24) is 10.6 Å². The van der Waals surface area contributed by atoms with E-state index in [2.05, 4.69) is 10.6 Å². The van der Waals surface area contributed by atoms with Gasteiger partial charge in [-0.25, -0.2) is 4.79 Å². The summed E-state index contributed by atoms with van der Waals surface area (Å²) in [6.07, 6.45) is 0. The summed E-state index contributed by atoms with van der Waals surface area (Å²) in [5, 5.41) is 5.36. The molecule has 3 amide bonds. The standard InChI is InChI=1S/C19H22ClN3O3/c1-21-19(25)22-18(24)17(13-7-5-4-6-8-13)23(2)12-14-11-15(20)9-10-16(14)26-3/h4-11,17H,12H2,1-3H3,(H2,21,22,24,25)/p+1/t17-/m0/s1. The number of hydrogen-bond donors (Lipinski definition) is 3. The fourth-order valence-electron chi connectivity index (χ4n) is 2.84. The van der Waals surface area contributed by atoms with E-state index in [9.17, 15) is 9.59 Å². The zero-order chi connectivity index (χ0) is 19.1. The lowest BCUT2D eigenvalue weighted by Gasteiger charge is -2.25. The van der Waals surface area contributed by atoms with Gasteiger partial charge in [-0.15, -0.1) is 0 Å². The average molecular weight is 377 g/mol. The lowest BCUT2D eigenvalue weighted by atomic mass is 10.0. The molecule has 0 aliphatic heterocycles. The van der Waals surface area contributed by atoms with Gasteiger partial charge in [0.1, 0.15) is 12.3 Å². The predicted octanol–water partition coefficient (Wildman–Crippen LogP) is 1.56. The van der Waals surface area contributed by atoms with Crippen molar-refractivity contribution in [3.63, 3.8) is 0 Å². The minimum atomic E-state index is -0.572. The Kier molecular flexibility index (Phi) is 7.00. The van der Waals surface area contributed by atoms with Crippen LogP contribution in [0.3, 0.4) is 0 Å². The van der Waals surface area contributed by atoms with Crippen LogP contribution in [0.15, 0.2) is 48.5 Å². The molecule has 0 radical (unpaired) electrons. The third-order valence-corrected chi connectivity index (χ3v) is 4.30. The Morgan fingerprint density at radius 3 is 2.50 bits per heavy atom. The SMILES string of the molecule is CNC(=O)NC(=O)[C@H](c1ccccc1)[NH+](C)Cc1cc(Cl)ccc1OC. The third kappa shape index (κ3) is 4.97. The molecule has 0 fully saturated rings. The van der Waals surface area contributed by atoms with Gasteiger partial charge in [0.25, 0.3) is 5.91 Å². The minimum Gasteiger partial charge on any atom is -0.496 e. The molecular formula is C19H23ClN3O3+. The van der Waals surface area contributed by atoms with E-state index < -0.39 is 12.1 Å². The molecule has 2 aromatic carbocycles. The van der Waals surface area contributed by atoms with Gasteiger partial charge in [-0.2, -0.15) is 0 Å². The van der Waals surface area contributed by atoms with Gasteiger partial charge >= 0.3 is 6.03 Å². The van der Waals surface area contributed by atoms with E-state index in [1.165, 1.54) is 7.05 Å². The molecule has 1 unspecified atom stereocenters. The highest BCUT2D eigenvalue weighted by atomic mass is 35.5. The Labute approximate surface area is 158 Å². The Morgan fingerprint density at radius 1 is 1.19 bits per heavy atom. The van der Waals surface area contributed by atoms with Gasteiger partial charge in [-0.3, -0.25) is 10.1 Å². The maximum atomic E-state index is 12.7. The highest BCUT2D eigenvalue weighted by Crippen LogP contribution is 2.22. The second kappa shape index (κ2) is 9.22. The van der Waals surface area contributed by atoms with Crippen molar-refractivity contribution >= 4 is 23.5 Å². The second-order valence-electron chi connectivity index (χ2n) is 5.89. The monoisotopic (exact) mass is 376 g/mol. The first-order valence-corrected chi connectivity index (χ1v) is 8.56. The van der Waals surface area contributed by atoms with Crippen molar-refractivity contribution < 1.29 is 19.2 Å². The number of urea groups is 1. The van der Waals surface area contributed by atoms with Crippen LogP contribution >= 0.6 is 11.6 Å². The van der Waals surface area contributed by atoms with Crippen LogP contribution in [-0.2, 0) is 11.3 Å². The molecule has 0 spiro atoms. The molecule has 0 aliphatic carbocycles. The number of carbonyl (C=O) groups is 2. The third-order valence-electron chi connectivity index (χ3n) is 4.06. The van der Waals surface area contributed by atoms with E-state index in [-0.39, 0.29) is 5.91 Å². The molecule has 2 aromatic rings. The first-order valence-electron chi connectivity index (χ1n) is 8.18. The number of methoxy groups -OCH3 is 1. The number of halogens is 1. The van der Waals surface area contributed by atoms with Crippen LogP contribution in [0.4, 0.5) is 4.79 Å². The molecule has 0 saturated carbocycles. The maximum absolute atomic E-state index is 12.7. The first-order chi connectivity index (χ1) is 12.5. The topological polar surface area (TPSA) is 71.9 Å². The zero-order valence-electron chi connectivity index (χ0n) is 15.0. The number of quaternary nitrogens is 1. The molecule has 3 N–H and O–H groups in total. The average Bonchev–Trinajstić information content (AvgIpc) is 2.62. The number of amides is 3. The second-order valence-corrected chi connectivity index (χ2v) is 6.33. The lowest BCUT2D eigenvalue weighted by molar-refractivity contribution is -0.916. The molecule has 7 heteroatoms. The van der Waals surface area contributed by atoms with Gasteiger partial charge in [-0.05, 0) is 18.2 Å². The van der Waals surface area contributed by atoms with E-state index in [0.717, 1.165) is 16.0 Å². The molecule has 0 saturated heterocycles. The number of benzene rings is 2. The quantitative estimate of drug-likeness (QED) is 0.716. The van der Waals surface area contributed by atoms with Crippen molar-refractivity contribution in [2.45, 2.75) is 12.6 Å². The van der Waals surface area contributed by atoms with Crippen molar-refractivity contribution in [2.24, 2.45) is 0 Å². The number of hydrogen-bond acceptors (Lipinski definition) is 3. The van der Waals surface area contributed by atoms with E-state index in [1.807, 2.05) is 43.4 Å². The van der Waals surface area contributed by atoms with Crippen molar-refractivity contribution in [3.05, 3.63) is 64.7 Å². The van der Waals surface area contributed by atoms with Crippen LogP contribution in [0.1, 0.15) is 17.2 Å². The number of nitrogens with one attached hydrogen (secondary N) is 3. The molecule has 0 aromatic heterocycles. The highest BCUT2D eigenvalue weighted by Gasteiger charge is 2.30. The molecule has 2 rings (SSSR count). The van der Waals surface area contributed by atoms with Gasteiger partial charge in [-0.1, -0.05) is 41.9 Å². The van der Waals surface area contributed by atoms with Crippen LogP contribution in [0.2, 0.25) is 5.02 Å². The van der Waals surface area contributed by atoms with Crippen LogP contribution in [0.5, 0.6) is 5.75 Å². The normalized spacial score (nSPS) is 12.8. The highest BCUT2D eigenvalue weighted by molar-refractivity contribution is 6.30. The Morgan fingerprint density at radius 2 is 1.88 bits per heavy atom. The van der Waals surface area contributed by atoms with Gasteiger partial charge in [0.05, 0.1) is 14.2 Å². The summed E-state index contributed by atoms with van der Waals surface area (Å²) in [5.41, 5.74) is 1.69. The number of imide groups is 1. The summed E-state index contributed by atoms with van der Waals surface area (Å²) >= 11 is 6.11. The van der Waals surface area contributed by atoms with Gasteiger partial charge in [0.2, 0.25) is 0 Å². The molecular weight excluding hydrogens is 354 g/mol. The lowest BCUT2D eigenvalue weighted by Crippen LogP contribution is -3.09. The van der Waals surface area contributed by atoms with Crippen molar-refractivity contribution in [2.75, 3.05) is 21.2 Å². The first kappa shape index (κ1) is 19.8. The van der Waals surface area contributed by atoms with Gasteiger partial charge in [0.15, 0.2) is 6.04 Å². The van der Waals surface area contributed by atoms with Crippen molar-refractivity contribution in [3.8, 4) is 5.75 Å². The number of carbonyl (C=O) groups excluding carboxylic acids is 2. The van der Waals surface area contributed by atoms with Crippen LogP contribution in [-0.4, -0.2) is 33.1 Å². The largest absolute Gasteiger partial charge is 0.496 e. The minimum absolute atomic E-state index is 0.381. The van der Waals surface area contributed by atoms with E-state index >= 15 is 0 Å². The fourth-order valence-corrected chi connectivity index (χ4v) is 3.03. The van der Waals surface area contributed by atoms with Gasteiger partial charge < -0.3 is 15.0 Å². The summed E-state index contributed by atoms with van der Waals surface area (Å²) in [4.78, 5) is 25.2. The maximum Gasteiger partial charge on any atom is 0.321 e. The van der Waals surface area contributed by atoms with Crippen LogP contribution in [0.25, 0.3) is 0 Å². The summed E-state index contributed by atoms with van der Waals surface area (Å²) < 4.78 is 5.39. The number of rotatable bonds is 6. The Balaban J connectivity index is 2.31. The Hall–Kier alpha value is -2.57. The van der Waals surface area contributed by atoms with E-state index in [0.29, 0.717) is 17.3 Å². The zero-order valence-corrected chi connectivity index (χ0v) is 15.8. The van der Waals surface area contributed by atoms with E-state index in [1.54, 1.807) is 19.2 Å². The summed E-state index contributed by atoms with van der Waals surface area (Å²) in [6, 6.07) is 13.6. The number of likely N-dealkylation sites (N-methyl/N-ethyl adjacent to an activating group) is 1. The molecule has 2 atom stereocenters. The van der Waals surface area contributed by atoms with Gasteiger partial charge in [0, 0.05) is 23.2 Å². The van der Waals surface area contributed by atoms with Crippen LogP contribution in [0, 0.1) is 0 Å². The summed E-state index contributed by atoms with van der Waals surface area (Å²) in [6.45, 7) is 0.491.